The smallest absolute Gasteiger partial charge is 0.153 e. The van der Waals surface area contributed by atoms with Crippen LogP contribution in [0.25, 0.3) is 5.82 Å². The van der Waals surface area contributed by atoms with Gasteiger partial charge in [0, 0.05) is 18.9 Å². The SMILES string of the molecule is CC(C)(C)c1cnn(-c2cc(CN)ccn2)c1. The monoisotopic (exact) mass is 230 g/mol. The fourth-order valence-corrected chi connectivity index (χ4v) is 1.55. The minimum Gasteiger partial charge on any atom is -0.326 e. The Morgan fingerprint density at radius 2 is 2.12 bits per heavy atom. The van der Waals surface area contributed by atoms with E-state index in [0.717, 1.165) is 11.4 Å². The number of pyridine rings is 1. The Morgan fingerprint density at radius 1 is 1.35 bits per heavy atom. The van der Waals surface area contributed by atoms with Crippen LogP contribution in [0.15, 0.2) is 30.7 Å². The molecule has 0 aromatic carbocycles. The van der Waals surface area contributed by atoms with Crippen molar-refractivity contribution in [2.45, 2.75) is 32.7 Å². The van der Waals surface area contributed by atoms with Crippen molar-refractivity contribution in [3.8, 4) is 5.82 Å². The molecule has 2 heterocycles. The van der Waals surface area contributed by atoms with Crippen LogP contribution in [0.1, 0.15) is 31.9 Å². The molecule has 0 aliphatic heterocycles. The van der Waals surface area contributed by atoms with E-state index in [0.29, 0.717) is 6.54 Å². The maximum atomic E-state index is 5.61. The number of aromatic nitrogens is 3. The lowest BCUT2D eigenvalue weighted by Gasteiger charge is -2.14. The van der Waals surface area contributed by atoms with Gasteiger partial charge in [-0.1, -0.05) is 20.8 Å². The van der Waals surface area contributed by atoms with E-state index in [-0.39, 0.29) is 5.41 Å². The molecule has 17 heavy (non-hydrogen) atoms. The van der Waals surface area contributed by atoms with Gasteiger partial charge >= 0.3 is 0 Å². The highest BCUT2D eigenvalue weighted by Gasteiger charge is 2.16. The second-order valence-electron chi connectivity index (χ2n) is 5.15. The van der Waals surface area contributed by atoms with E-state index in [2.05, 4.69) is 30.9 Å². The Morgan fingerprint density at radius 3 is 2.71 bits per heavy atom. The molecule has 4 heteroatoms. The lowest BCUT2D eigenvalue weighted by atomic mass is 9.90. The fourth-order valence-electron chi connectivity index (χ4n) is 1.55. The van der Waals surface area contributed by atoms with Crippen LogP contribution in [0, 0.1) is 0 Å². The zero-order valence-corrected chi connectivity index (χ0v) is 10.5. The van der Waals surface area contributed by atoms with Crippen molar-refractivity contribution >= 4 is 0 Å². The van der Waals surface area contributed by atoms with Gasteiger partial charge in [0.1, 0.15) is 0 Å². The lowest BCUT2D eigenvalue weighted by molar-refractivity contribution is 0.590. The van der Waals surface area contributed by atoms with Gasteiger partial charge in [-0.2, -0.15) is 5.10 Å². The largest absolute Gasteiger partial charge is 0.326 e. The molecule has 2 aromatic rings. The molecule has 0 fully saturated rings. The third-order valence-electron chi connectivity index (χ3n) is 2.73. The highest BCUT2D eigenvalue weighted by Crippen LogP contribution is 2.22. The van der Waals surface area contributed by atoms with Crippen LogP contribution < -0.4 is 5.73 Å². The summed E-state index contributed by atoms with van der Waals surface area (Å²) in [5.41, 5.74) is 7.96. The van der Waals surface area contributed by atoms with Crippen molar-refractivity contribution in [3.05, 3.63) is 41.9 Å². The van der Waals surface area contributed by atoms with E-state index in [1.807, 2.05) is 24.5 Å². The van der Waals surface area contributed by atoms with Gasteiger partial charge in [-0.05, 0) is 28.7 Å². The zero-order chi connectivity index (χ0) is 12.5. The molecule has 0 radical (unpaired) electrons. The van der Waals surface area contributed by atoms with Crippen molar-refractivity contribution in [2.24, 2.45) is 5.73 Å². The first-order valence-electron chi connectivity index (χ1n) is 5.71. The third-order valence-corrected chi connectivity index (χ3v) is 2.73. The highest BCUT2D eigenvalue weighted by molar-refractivity contribution is 5.29. The molecule has 0 aliphatic carbocycles. The predicted molar refractivity (Wildman–Crippen MR) is 68.0 cm³/mol. The average molecular weight is 230 g/mol. The van der Waals surface area contributed by atoms with E-state index >= 15 is 0 Å². The van der Waals surface area contributed by atoms with Gasteiger partial charge in [0.05, 0.1) is 6.20 Å². The topological polar surface area (TPSA) is 56.7 Å². The second kappa shape index (κ2) is 4.30. The zero-order valence-electron chi connectivity index (χ0n) is 10.5. The normalized spacial score (nSPS) is 11.8. The van der Waals surface area contributed by atoms with Crippen LogP contribution in [-0.4, -0.2) is 14.8 Å². The van der Waals surface area contributed by atoms with Gasteiger partial charge in [-0.15, -0.1) is 0 Å². The Labute approximate surface area is 101 Å². The van der Waals surface area contributed by atoms with Crippen molar-refractivity contribution < 1.29 is 0 Å². The summed E-state index contributed by atoms with van der Waals surface area (Å²) in [6, 6.07) is 3.87. The number of rotatable bonds is 2. The first kappa shape index (κ1) is 11.8. The number of nitrogens with two attached hydrogens (primary N) is 1. The molecule has 0 bridgehead atoms. The van der Waals surface area contributed by atoms with Crippen LogP contribution in [0.4, 0.5) is 0 Å². The molecule has 0 aliphatic rings. The fraction of sp³-hybridized carbons (Fsp3) is 0.385. The van der Waals surface area contributed by atoms with E-state index in [4.69, 9.17) is 5.73 Å². The van der Waals surface area contributed by atoms with E-state index in [9.17, 15) is 0 Å². The predicted octanol–water partition coefficient (Wildman–Crippen LogP) is 2.02. The van der Waals surface area contributed by atoms with Gasteiger partial charge in [-0.25, -0.2) is 9.67 Å². The summed E-state index contributed by atoms with van der Waals surface area (Å²) < 4.78 is 1.79. The summed E-state index contributed by atoms with van der Waals surface area (Å²) in [6.45, 7) is 7.01. The summed E-state index contributed by atoms with van der Waals surface area (Å²) in [7, 11) is 0. The molecule has 4 nitrogen and oxygen atoms in total. The van der Waals surface area contributed by atoms with Gasteiger partial charge in [-0.3, -0.25) is 0 Å². The third kappa shape index (κ3) is 2.53. The van der Waals surface area contributed by atoms with Gasteiger partial charge in [0.2, 0.25) is 0 Å². The molecule has 90 valence electrons. The Kier molecular flexibility index (Phi) is 2.98. The van der Waals surface area contributed by atoms with Crippen molar-refractivity contribution in [3.63, 3.8) is 0 Å². The molecule has 2 N–H and O–H groups in total. The summed E-state index contributed by atoms with van der Waals surface area (Å²) in [5.74, 6) is 0.809. The first-order valence-corrected chi connectivity index (χ1v) is 5.71. The average Bonchev–Trinajstić information content (AvgIpc) is 2.78. The molecular formula is C13H18N4. The van der Waals surface area contributed by atoms with E-state index in [1.165, 1.54) is 5.56 Å². The number of hydrogen-bond donors (Lipinski definition) is 1. The molecule has 0 atom stereocenters. The summed E-state index contributed by atoms with van der Waals surface area (Å²) in [4.78, 5) is 4.30. The van der Waals surface area contributed by atoms with Crippen LogP contribution in [0.2, 0.25) is 0 Å². The molecule has 2 rings (SSSR count). The summed E-state index contributed by atoms with van der Waals surface area (Å²) in [5, 5.41) is 4.34. The van der Waals surface area contributed by atoms with Gasteiger partial charge < -0.3 is 5.73 Å². The van der Waals surface area contributed by atoms with Crippen LogP contribution in [0.3, 0.4) is 0 Å². The second-order valence-corrected chi connectivity index (χ2v) is 5.15. The van der Waals surface area contributed by atoms with Gasteiger partial charge in [0.15, 0.2) is 5.82 Å². The van der Waals surface area contributed by atoms with Crippen molar-refractivity contribution in [1.82, 2.24) is 14.8 Å². The minimum absolute atomic E-state index is 0.101. The number of nitrogens with zero attached hydrogens (tertiary/aromatic N) is 3. The van der Waals surface area contributed by atoms with Gasteiger partial charge in [0.25, 0.3) is 0 Å². The van der Waals surface area contributed by atoms with E-state index in [1.54, 1.807) is 10.9 Å². The maximum Gasteiger partial charge on any atom is 0.153 e. The Hall–Kier alpha value is -1.68. The van der Waals surface area contributed by atoms with Crippen molar-refractivity contribution in [2.75, 3.05) is 0 Å². The molecule has 2 aromatic heterocycles. The quantitative estimate of drug-likeness (QED) is 0.858. The van der Waals surface area contributed by atoms with Crippen LogP contribution in [-0.2, 0) is 12.0 Å². The number of hydrogen-bond acceptors (Lipinski definition) is 3. The maximum absolute atomic E-state index is 5.61. The minimum atomic E-state index is 0.101. The standard InChI is InChI=1S/C13H18N4/c1-13(2,3)11-8-16-17(9-11)12-6-10(7-14)4-5-15-12/h4-6,8-9H,7,14H2,1-3H3. The molecular weight excluding hydrogens is 212 g/mol. The Balaban J connectivity index is 2.37. The first-order chi connectivity index (χ1) is 8.00. The van der Waals surface area contributed by atoms with E-state index < -0.39 is 0 Å². The Bertz CT molecular complexity index is 508. The molecule has 0 saturated heterocycles. The summed E-state index contributed by atoms with van der Waals surface area (Å²) in [6.07, 6.45) is 5.66. The molecule has 0 unspecified atom stereocenters. The van der Waals surface area contributed by atoms with Crippen LogP contribution >= 0.6 is 0 Å². The molecule has 0 spiro atoms. The molecule has 0 saturated carbocycles. The van der Waals surface area contributed by atoms with Crippen molar-refractivity contribution in [1.29, 1.82) is 0 Å². The summed E-state index contributed by atoms with van der Waals surface area (Å²) >= 11 is 0. The highest BCUT2D eigenvalue weighted by atomic mass is 15.3. The molecule has 0 amide bonds. The van der Waals surface area contributed by atoms with Crippen LogP contribution in [0.5, 0.6) is 0 Å². The lowest BCUT2D eigenvalue weighted by Crippen LogP contribution is -2.09.